The fourth-order valence-electron chi connectivity index (χ4n) is 4.04. The van der Waals surface area contributed by atoms with Crippen LogP contribution in [0.4, 0.5) is 0 Å². The van der Waals surface area contributed by atoms with E-state index in [4.69, 9.17) is 0 Å². The van der Waals surface area contributed by atoms with Gasteiger partial charge in [-0.15, -0.1) is 35.4 Å². The number of benzene rings is 1. The fraction of sp³-hybridized carbons (Fsp3) is 0.389. The van der Waals surface area contributed by atoms with E-state index in [1.54, 1.807) is 0 Å². The molecule has 2 heteroatoms. The van der Waals surface area contributed by atoms with Gasteiger partial charge in [0.25, 0.3) is 0 Å². The first-order valence-corrected chi connectivity index (χ1v) is 7.19. The summed E-state index contributed by atoms with van der Waals surface area (Å²) in [4.78, 5) is 4.69. The molecule has 105 valence electrons. The zero-order chi connectivity index (χ0) is 13.0. The fourth-order valence-corrected chi connectivity index (χ4v) is 4.04. The number of pyridine rings is 1. The summed E-state index contributed by atoms with van der Waals surface area (Å²) >= 11 is 0. The predicted molar refractivity (Wildman–Crippen MR) is 77.2 cm³/mol. The quantitative estimate of drug-likeness (QED) is 0.558. The van der Waals surface area contributed by atoms with E-state index < -0.39 is 0 Å². The van der Waals surface area contributed by atoms with Crippen molar-refractivity contribution in [2.45, 2.75) is 44.4 Å². The molecule has 2 aliphatic rings. The molecule has 1 atom stereocenters. The Balaban J connectivity index is 0.00000121. The number of fused-ring (bicyclic) bond motifs is 2. The van der Waals surface area contributed by atoms with Crippen molar-refractivity contribution >= 4 is 0 Å². The monoisotopic (exact) mass is 441 g/mol. The van der Waals surface area contributed by atoms with Crippen LogP contribution in [0.2, 0.25) is 0 Å². The van der Waals surface area contributed by atoms with Crippen LogP contribution in [0.1, 0.15) is 49.3 Å². The topological polar surface area (TPSA) is 12.9 Å². The molecular formula is C18H18IrN-. The van der Waals surface area contributed by atoms with Gasteiger partial charge in [-0.05, 0) is 42.4 Å². The average molecular weight is 441 g/mol. The summed E-state index contributed by atoms with van der Waals surface area (Å²) in [7, 11) is 0. The van der Waals surface area contributed by atoms with Gasteiger partial charge in [-0.1, -0.05) is 25.0 Å². The molecule has 1 aromatic carbocycles. The standard InChI is InChI=1S/C18H18N.Ir/c1-18(2)14-8-4-3-7-13(14)17-16-12(10-11-19-17)6-5-9-15(16)18;/h3-4,8,10-11,15H,5-6,9H2,1-2H3;/q-1;. The Morgan fingerprint density at radius 1 is 1.30 bits per heavy atom. The Morgan fingerprint density at radius 2 is 2.15 bits per heavy atom. The Bertz CT molecular complexity index is 660. The van der Waals surface area contributed by atoms with Crippen molar-refractivity contribution in [3.05, 3.63) is 53.2 Å². The summed E-state index contributed by atoms with van der Waals surface area (Å²) in [5.74, 6) is 0.614. The third-order valence-corrected chi connectivity index (χ3v) is 5.03. The second-order valence-electron chi connectivity index (χ2n) is 6.36. The van der Waals surface area contributed by atoms with Crippen LogP contribution in [0.15, 0.2) is 30.5 Å². The van der Waals surface area contributed by atoms with Crippen LogP contribution in [-0.2, 0) is 31.9 Å². The average Bonchev–Trinajstić information content (AvgIpc) is 2.45. The molecule has 1 aromatic heterocycles. The molecule has 0 amide bonds. The number of nitrogens with zero attached hydrogens (tertiary/aromatic N) is 1. The minimum atomic E-state index is 0. The van der Waals surface area contributed by atoms with Gasteiger partial charge < -0.3 is 4.98 Å². The van der Waals surface area contributed by atoms with Crippen molar-refractivity contribution in [1.29, 1.82) is 0 Å². The van der Waals surface area contributed by atoms with E-state index in [-0.39, 0.29) is 25.5 Å². The molecule has 0 N–H and O–H groups in total. The molecule has 0 spiro atoms. The van der Waals surface area contributed by atoms with E-state index >= 15 is 0 Å². The third kappa shape index (κ3) is 1.75. The Morgan fingerprint density at radius 3 is 3.00 bits per heavy atom. The summed E-state index contributed by atoms with van der Waals surface area (Å²) in [6.45, 7) is 4.77. The Kier molecular flexibility index (Phi) is 3.35. The zero-order valence-corrected chi connectivity index (χ0v) is 14.3. The summed E-state index contributed by atoms with van der Waals surface area (Å²) in [6, 6.07) is 12.0. The summed E-state index contributed by atoms with van der Waals surface area (Å²) in [6.07, 6.45) is 5.77. The first kappa shape index (κ1) is 14.0. The van der Waals surface area contributed by atoms with E-state index in [1.165, 1.54) is 47.2 Å². The number of hydrogen-bond donors (Lipinski definition) is 0. The van der Waals surface area contributed by atoms with Crippen LogP contribution in [0.5, 0.6) is 0 Å². The maximum atomic E-state index is 4.69. The van der Waals surface area contributed by atoms with E-state index in [9.17, 15) is 0 Å². The number of aryl methyl sites for hydroxylation is 1. The van der Waals surface area contributed by atoms with Gasteiger partial charge in [0.2, 0.25) is 0 Å². The van der Waals surface area contributed by atoms with E-state index in [2.05, 4.69) is 43.1 Å². The van der Waals surface area contributed by atoms with Gasteiger partial charge in [0.1, 0.15) is 0 Å². The molecule has 0 fully saturated rings. The molecule has 1 radical (unpaired) electrons. The van der Waals surface area contributed by atoms with Crippen LogP contribution in [0.25, 0.3) is 11.3 Å². The summed E-state index contributed by atoms with van der Waals surface area (Å²) in [5.41, 5.74) is 7.04. The molecule has 4 rings (SSSR count). The molecule has 2 aliphatic carbocycles. The molecule has 1 heterocycles. The van der Waals surface area contributed by atoms with Gasteiger partial charge in [0.05, 0.1) is 0 Å². The second kappa shape index (κ2) is 4.79. The molecule has 0 aliphatic heterocycles. The molecule has 0 saturated carbocycles. The SMILES string of the molecule is CC1(C)c2ccc[c-]c2-c2nccc3c2C1CCC3.[Ir]. The zero-order valence-electron chi connectivity index (χ0n) is 11.9. The van der Waals surface area contributed by atoms with Gasteiger partial charge in [-0.25, -0.2) is 0 Å². The predicted octanol–water partition coefficient (Wildman–Crippen LogP) is 4.26. The van der Waals surface area contributed by atoms with E-state index in [0.717, 1.165) is 0 Å². The number of rotatable bonds is 0. The molecule has 1 nitrogen and oxygen atoms in total. The first-order valence-electron chi connectivity index (χ1n) is 7.19. The van der Waals surface area contributed by atoms with Crippen molar-refractivity contribution in [3.8, 4) is 11.3 Å². The van der Waals surface area contributed by atoms with Gasteiger partial charge in [0.15, 0.2) is 0 Å². The van der Waals surface area contributed by atoms with Crippen LogP contribution in [0, 0.1) is 6.07 Å². The van der Waals surface area contributed by atoms with Crippen molar-refractivity contribution in [1.82, 2.24) is 4.98 Å². The van der Waals surface area contributed by atoms with Gasteiger partial charge in [-0.3, -0.25) is 0 Å². The Labute approximate surface area is 134 Å². The molecule has 1 unspecified atom stereocenters. The van der Waals surface area contributed by atoms with Gasteiger partial charge in [0, 0.05) is 26.3 Å². The maximum absolute atomic E-state index is 4.69. The molecule has 2 aromatic rings. The molecule has 0 bridgehead atoms. The number of aromatic nitrogens is 1. The van der Waals surface area contributed by atoms with Crippen molar-refractivity contribution in [2.24, 2.45) is 0 Å². The van der Waals surface area contributed by atoms with Gasteiger partial charge in [-0.2, -0.15) is 0 Å². The summed E-state index contributed by atoms with van der Waals surface area (Å²) < 4.78 is 0. The third-order valence-electron chi connectivity index (χ3n) is 5.03. The van der Waals surface area contributed by atoms with E-state index in [0.29, 0.717) is 5.92 Å². The molecule has 0 saturated heterocycles. The summed E-state index contributed by atoms with van der Waals surface area (Å²) in [5, 5.41) is 0. The second-order valence-corrected chi connectivity index (χ2v) is 6.36. The first-order chi connectivity index (χ1) is 9.19. The number of hydrogen-bond acceptors (Lipinski definition) is 1. The van der Waals surface area contributed by atoms with E-state index in [1.807, 2.05) is 12.3 Å². The van der Waals surface area contributed by atoms with Crippen LogP contribution in [-0.4, -0.2) is 4.98 Å². The molecular weight excluding hydrogens is 422 g/mol. The molecule has 20 heavy (non-hydrogen) atoms. The Hall–Kier alpha value is -0.981. The largest absolute Gasteiger partial charge is 0.304 e. The minimum Gasteiger partial charge on any atom is -0.304 e. The van der Waals surface area contributed by atoms with Crippen LogP contribution >= 0.6 is 0 Å². The maximum Gasteiger partial charge on any atom is 0.0163 e. The minimum absolute atomic E-state index is 0. The van der Waals surface area contributed by atoms with Crippen molar-refractivity contribution in [3.63, 3.8) is 0 Å². The van der Waals surface area contributed by atoms with Crippen molar-refractivity contribution in [2.75, 3.05) is 0 Å². The van der Waals surface area contributed by atoms with Crippen LogP contribution < -0.4 is 0 Å². The smallest absolute Gasteiger partial charge is 0.0163 e. The normalized spacial score (nSPS) is 21.4. The van der Waals surface area contributed by atoms with Crippen LogP contribution in [0.3, 0.4) is 0 Å². The van der Waals surface area contributed by atoms with Gasteiger partial charge >= 0.3 is 0 Å². The van der Waals surface area contributed by atoms with Crippen molar-refractivity contribution < 1.29 is 20.1 Å².